The van der Waals surface area contributed by atoms with Crippen molar-refractivity contribution in [3.8, 4) is 11.5 Å². The highest BCUT2D eigenvalue weighted by molar-refractivity contribution is 6.09. The summed E-state index contributed by atoms with van der Waals surface area (Å²) in [6, 6.07) is 29.0. The molecule has 0 aliphatic carbocycles. The van der Waals surface area contributed by atoms with Crippen LogP contribution in [0.1, 0.15) is 59.5 Å². The Morgan fingerprint density at radius 2 is 1.38 bits per heavy atom. The number of hydrogen-bond acceptors (Lipinski definition) is 7. The number of pyridine rings is 1. The SMILES string of the molecule is CC(C)(C)OC(=O)N1CCN(C(=O)Oc2c3c(c(OC(c4ccccc4)c4ccccc4)c4ncccc24)C(=O)N(Cc2ccc(F)cc2)C3)CC1. The number of halogens is 1. The molecule has 3 heterocycles. The maximum atomic E-state index is 14.5. The normalized spacial score (nSPS) is 14.5. The number of ether oxygens (including phenoxy) is 3. The van der Waals surface area contributed by atoms with Crippen molar-refractivity contribution in [1.82, 2.24) is 19.7 Å². The summed E-state index contributed by atoms with van der Waals surface area (Å²) in [6.07, 6.45) is -0.0279. The first-order valence-corrected chi connectivity index (χ1v) is 17.2. The fourth-order valence-corrected chi connectivity index (χ4v) is 6.52. The van der Waals surface area contributed by atoms with E-state index in [9.17, 15) is 18.8 Å². The molecule has 0 radical (unpaired) electrons. The van der Waals surface area contributed by atoms with Crippen LogP contribution in [0.5, 0.6) is 11.5 Å². The minimum Gasteiger partial charge on any atom is -0.478 e. The minimum absolute atomic E-state index is 0.114. The highest BCUT2D eigenvalue weighted by atomic mass is 19.1. The van der Waals surface area contributed by atoms with Crippen molar-refractivity contribution in [3.05, 3.63) is 137 Å². The van der Waals surface area contributed by atoms with E-state index in [2.05, 4.69) is 0 Å². The third kappa shape index (κ3) is 7.25. The molecule has 2 aliphatic rings. The minimum atomic E-state index is -0.636. The van der Waals surface area contributed by atoms with Gasteiger partial charge >= 0.3 is 12.2 Å². The van der Waals surface area contributed by atoms with E-state index < -0.39 is 23.9 Å². The van der Waals surface area contributed by atoms with Gasteiger partial charge in [-0.15, -0.1) is 0 Å². The number of nitrogens with zero attached hydrogens (tertiary/aromatic N) is 4. The molecule has 1 aromatic heterocycles. The summed E-state index contributed by atoms with van der Waals surface area (Å²) in [7, 11) is 0. The highest BCUT2D eigenvalue weighted by Gasteiger charge is 2.39. The average Bonchev–Trinajstić information content (AvgIpc) is 3.47. The number of rotatable bonds is 7. The third-order valence-electron chi connectivity index (χ3n) is 9.03. The molecule has 1 fully saturated rings. The van der Waals surface area contributed by atoms with Crippen molar-refractivity contribution >= 4 is 29.0 Å². The van der Waals surface area contributed by atoms with Crippen LogP contribution in [0.15, 0.2) is 103 Å². The van der Waals surface area contributed by atoms with Gasteiger partial charge in [0.15, 0.2) is 5.75 Å². The van der Waals surface area contributed by atoms with E-state index in [0.29, 0.717) is 16.5 Å². The number of carbonyl (C=O) groups is 3. The zero-order valence-corrected chi connectivity index (χ0v) is 29.3. The molecule has 3 amide bonds. The molecule has 266 valence electrons. The van der Waals surface area contributed by atoms with E-state index in [1.807, 2.05) is 81.4 Å². The summed E-state index contributed by atoms with van der Waals surface area (Å²) in [5.41, 5.74) is 2.96. The quantitative estimate of drug-likeness (QED) is 0.171. The smallest absolute Gasteiger partial charge is 0.415 e. The maximum Gasteiger partial charge on any atom is 0.415 e. The monoisotopic (exact) mass is 702 g/mol. The van der Waals surface area contributed by atoms with E-state index in [-0.39, 0.29) is 68.1 Å². The fourth-order valence-electron chi connectivity index (χ4n) is 6.52. The molecule has 5 aromatic rings. The zero-order valence-electron chi connectivity index (χ0n) is 29.3. The van der Waals surface area contributed by atoms with Gasteiger partial charge in [-0.05, 0) is 61.7 Å². The molecule has 0 atom stereocenters. The van der Waals surface area contributed by atoms with Crippen LogP contribution in [0.25, 0.3) is 10.9 Å². The summed E-state index contributed by atoms with van der Waals surface area (Å²) in [6.45, 7) is 6.76. The van der Waals surface area contributed by atoms with Gasteiger partial charge in [-0.3, -0.25) is 9.78 Å². The van der Waals surface area contributed by atoms with Crippen molar-refractivity contribution in [2.45, 2.75) is 45.6 Å². The summed E-state index contributed by atoms with van der Waals surface area (Å²) in [5, 5.41) is 0.508. The number of fused-ring (bicyclic) bond motifs is 2. The number of amides is 3. The largest absolute Gasteiger partial charge is 0.478 e. The molecule has 1 saturated heterocycles. The predicted molar refractivity (Wildman–Crippen MR) is 192 cm³/mol. The molecule has 4 aromatic carbocycles. The topological polar surface area (TPSA) is 102 Å². The molecular weight excluding hydrogens is 663 g/mol. The molecule has 0 N–H and O–H groups in total. The van der Waals surface area contributed by atoms with Crippen LogP contribution < -0.4 is 9.47 Å². The van der Waals surface area contributed by atoms with Crippen LogP contribution in [0.4, 0.5) is 14.0 Å². The Balaban J connectivity index is 1.27. The Bertz CT molecular complexity index is 2060. The molecule has 11 heteroatoms. The van der Waals surface area contributed by atoms with Gasteiger partial charge in [0.1, 0.15) is 28.8 Å². The molecule has 52 heavy (non-hydrogen) atoms. The average molecular weight is 703 g/mol. The van der Waals surface area contributed by atoms with Crippen LogP contribution in [0.3, 0.4) is 0 Å². The first-order valence-electron chi connectivity index (χ1n) is 17.2. The van der Waals surface area contributed by atoms with Gasteiger partial charge in [-0.2, -0.15) is 0 Å². The van der Waals surface area contributed by atoms with Crippen molar-refractivity contribution in [3.63, 3.8) is 0 Å². The van der Waals surface area contributed by atoms with Gasteiger partial charge < -0.3 is 28.9 Å². The lowest BCUT2D eigenvalue weighted by atomic mass is 9.99. The second-order valence-electron chi connectivity index (χ2n) is 13.8. The Labute approximate surface area is 301 Å². The molecule has 0 bridgehead atoms. The molecule has 0 spiro atoms. The lowest BCUT2D eigenvalue weighted by Gasteiger charge is -2.35. The number of hydrogen-bond donors (Lipinski definition) is 0. The first-order chi connectivity index (χ1) is 25.1. The number of benzene rings is 4. The molecular formula is C41H39FN4O6. The first kappa shape index (κ1) is 34.5. The summed E-state index contributed by atoms with van der Waals surface area (Å²) in [5.74, 6) is -0.205. The van der Waals surface area contributed by atoms with E-state index in [4.69, 9.17) is 19.2 Å². The van der Waals surface area contributed by atoms with Crippen molar-refractivity contribution in [2.75, 3.05) is 26.2 Å². The number of aromatic nitrogens is 1. The fraction of sp³-hybridized carbons (Fsp3) is 0.268. The highest BCUT2D eigenvalue weighted by Crippen LogP contribution is 2.46. The molecule has 0 saturated carbocycles. The van der Waals surface area contributed by atoms with Crippen molar-refractivity contribution in [1.29, 1.82) is 0 Å². The zero-order chi connectivity index (χ0) is 36.4. The second kappa shape index (κ2) is 14.3. The standard InChI is InChI=1S/C41H39FN4O6/c1-41(2,3)52-40(49)45-23-21-44(22-24-45)39(48)51-36-31-15-10-20-43-34(31)37(50-35(28-11-6-4-7-12-28)29-13-8-5-9-14-29)33-32(36)26-46(38(33)47)25-27-16-18-30(42)19-17-27/h4-20,35H,21-26H2,1-3H3. The predicted octanol–water partition coefficient (Wildman–Crippen LogP) is 7.75. The number of carbonyl (C=O) groups excluding carboxylic acids is 3. The van der Waals surface area contributed by atoms with Crippen LogP contribution in [-0.4, -0.2) is 69.6 Å². The molecule has 0 unspecified atom stereocenters. The second-order valence-corrected chi connectivity index (χ2v) is 13.8. The summed E-state index contributed by atoms with van der Waals surface area (Å²) >= 11 is 0. The molecule has 10 nitrogen and oxygen atoms in total. The van der Waals surface area contributed by atoms with E-state index in [0.717, 1.165) is 16.7 Å². The Hall–Kier alpha value is -5.97. The molecule has 2 aliphatic heterocycles. The Morgan fingerprint density at radius 3 is 1.98 bits per heavy atom. The third-order valence-corrected chi connectivity index (χ3v) is 9.03. The van der Waals surface area contributed by atoms with Gasteiger partial charge in [0, 0.05) is 49.9 Å². The van der Waals surface area contributed by atoms with Gasteiger partial charge in [-0.1, -0.05) is 72.8 Å². The van der Waals surface area contributed by atoms with E-state index >= 15 is 0 Å². The molecule has 7 rings (SSSR count). The van der Waals surface area contributed by atoms with Crippen molar-refractivity contribution in [2.24, 2.45) is 0 Å². The Kier molecular flexibility index (Phi) is 9.51. The van der Waals surface area contributed by atoms with E-state index in [1.165, 1.54) is 17.0 Å². The van der Waals surface area contributed by atoms with Crippen LogP contribution in [0.2, 0.25) is 0 Å². The maximum absolute atomic E-state index is 14.5. The number of piperazine rings is 1. The van der Waals surface area contributed by atoms with Crippen LogP contribution >= 0.6 is 0 Å². The van der Waals surface area contributed by atoms with Gasteiger partial charge in [0.05, 0.1) is 12.1 Å². The van der Waals surface area contributed by atoms with Crippen LogP contribution in [-0.2, 0) is 17.8 Å². The Morgan fingerprint density at radius 1 is 0.788 bits per heavy atom. The summed E-state index contributed by atoms with van der Waals surface area (Å²) < 4.78 is 32.4. The van der Waals surface area contributed by atoms with Crippen LogP contribution in [0, 0.1) is 5.82 Å². The van der Waals surface area contributed by atoms with Gasteiger partial charge in [0.25, 0.3) is 5.91 Å². The lowest BCUT2D eigenvalue weighted by molar-refractivity contribution is 0.0154. The van der Waals surface area contributed by atoms with Gasteiger partial charge in [0.2, 0.25) is 0 Å². The lowest BCUT2D eigenvalue weighted by Crippen LogP contribution is -2.52. The summed E-state index contributed by atoms with van der Waals surface area (Å²) in [4.78, 5) is 50.4. The van der Waals surface area contributed by atoms with Gasteiger partial charge in [-0.25, -0.2) is 14.0 Å². The van der Waals surface area contributed by atoms with E-state index in [1.54, 1.807) is 40.3 Å². The van der Waals surface area contributed by atoms with Crippen molar-refractivity contribution < 1.29 is 33.0 Å².